The molecule has 2 aromatic carbocycles. The van der Waals surface area contributed by atoms with Gasteiger partial charge in [0.15, 0.2) is 17.3 Å². The predicted octanol–water partition coefficient (Wildman–Crippen LogP) is 3.97. The molecule has 0 aliphatic carbocycles. The van der Waals surface area contributed by atoms with Gasteiger partial charge >= 0.3 is 0 Å². The first-order chi connectivity index (χ1) is 14.0. The minimum absolute atomic E-state index is 0.0847. The SMILES string of the molecule is COc1ccc(/C=C\C(=O)NCc2cc(-c3ccc(F)cc3F)on2)cc1OC. The largest absolute Gasteiger partial charge is 0.493 e. The number of nitrogens with one attached hydrogen (secondary N) is 1. The van der Waals surface area contributed by atoms with E-state index in [1.807, 2.05) is 0 Å². The van der Waals surface area contributed by atoms with Gasteiger partial charge in [-0.1, -0.05) is 11.2 Å². The van der Waals surface area contributed by atoms with Gasteiger partial charge in [0, 0.05) is 18.2 Å². The molecule has 0 unspecified atom stereocenters. The van der Waals surface area contributed by atoms with E-state index in [0.29, 0.717) is 17.2 Å². The van der Waals surface area contributed by atoms with Crippen LogP contribution < -0.4 is 14.8 Å². The third-order valence-corrected chi connectivity index (χ3v) is 4.03. The highest BCUT2D eigenvalue weighted by Crippen LogP contribution is 2.28. The third kappa shape index (κ3) is 4.98. The first kappa shape index (κ1) is 20.1. The Kier molecular flexibility index (Phi) is 6.23. The van der Waals surface area contributed by atoms with Gasteiger partial charge in [0.05, 0.1) is 26.3 Å². The number of nitrogens with zero attached hydrogens (tertiary/aromatic N) is 1. The molecule has 29 heavy (non-hydrogen) atoms. The quantitative estimate of drug-likeness (QED) is 0.608. The van der Waals surface area contributed by atoms with Gasteiger partial charge in [0.25, 0.3) is 0 Å². The van der Waals surface area contributed by atoms with E-state index in [2.05, 4.69) is 10.5 Å². The lowest BCUT2D eigenvalue weighted by atomic mass is 10.1. The van der Waals surface area contributed by atoms with Crippen LogP contribution in [0.25, 0.3) is 17.4 Å². The van der Waals surface area contributed by atoms with E-state index in [1.54, 1.807) is 31.4 Å². The Labute approximate surface area is 165 Å². The lowest BCUT2D eigenvalue weighted by Crippen LogP contribution is -2.20. The lowest BCUT2D eigenvalue weighted by Gasteiger charge is -2.07. The standard InChI is InChI=1S/C21H18F2N2O4/c1-27-18-7-3-13(9-20(18)28-2)4-8-21(26)24-12-15-11-19(29-25-15)16-6-5-14(22)10-17(16)23/h3-11H,12H2,1-2H3,(H,24,26)/b8-4-. The highest BCUT2D eigenvalue weighted by Gasteiger charge is 2.12. The van der Waals surface area contributed by atoms with Crippen molar-refractivity contribution in [3.8, 4) is 22.8 Å². The maximum absolute atomic E-state index is 13.8. The molecule has 0 atom stereocenters. The van der Waals surface area contributed by atoms with Crippen LogP contribution in [0.1, 0.15) is 11.3 Å². The minimum Gasteiger partial charge on any atom is -0.493 e. The van der Waals surface area contributed by atoms with Crippen LogP contribution in [0.2, 0.25) is 0 Å². The number of hydrogen-bond acceptors (Lipinski definition) is 5. The van der Waals surface area contributed by atoms with Crippen molar-refractivity contribution < 1.29 is 27.6 Å². The Morgan fingerprint density at radius 1 is 1.10 bits per heavy atom. The molecule has 1 N–H and O–H groups in total. The van der Waals surface area contributed by atoms with Crippen molar-refractivity contribution >= 4 is 12.0 Å². The van der Waals surface area contributed by atoms with Crippen LogP contribution in [-0.2, 0) is 11.3 Å². The summed E-state index contributed by atoms with van der Waals surface area (Å²) in [5.74, 6) is -0.495. The number of carbonyl (C=O) groups is 1. The average Bonchev–Trinajstić information content (AvgIpc) is 3.19. The molecule has 0 aliphatic rings. The van der Waals surface area contributed by atoms with E-state index in [9.17, 15) is 13.6 Å². The second-order valence-electron chi connectivity index (χ2n) is 5.97. The van der Waals surface area contributed by atoms with Crippen molar-refractivity contribution in [2.24, 2.45) is 0 Å². The highest BCUT2D eigenvalue weighted by molar-refractivity contribution is 5.91. The van der Waals surface area contributed by atoms with Crippen LogP contribution in [-0.4, -0.2) is 25.3 Å². The predicted molar refractivity (Wildman–Crippen MR) is 102 cm³/mol. The molecule has 3 rings (SSSR count). The van der Waals surface area contributed by atoms with E-state index in [4.69, 9.17) is 14.0 Å². The number of rotatable bonds is 7. The minimum atomic E-state index is -0.755. The molecule has 0 bridgehead atoms. The van der Waals surface area contributed by atoms with Gasteiger partial charge in [-0.05, 0) is 35.9 Å². The Morgan fingerprint density at radius 3 is 2.62 bits per heavy atom. The molecule has 0 fully saturated rings. The van der Waals surface area contributed by atoms with Crippen LogP contribution in [0.3, 0.4) is 0 Å². The Morgan fingerprint density at radius 2 is 1.90 bits per heavy atom. The Bertz CT molecular complexity index is 1050. The zero-order chi connectivity index (χ0) is 20.8. The van der Waals surface area contributed by atoms with Gasteiger partial charge in [-0.15, -0.1) is 0 Å². The molecule has 0 aliphatic heterocycles. The molecular weight excluding hydrogens is 382 g/mol. The fraction of sp³-hybridized carbons (Fsp3) is 0.143. The van der Waals surface area contributed by atoms with Gasteiger partial charge in [0.1, 0.15) is 17.3 Å². The number of amides is 1. The molecule has 0 saturated heterocycles. The van der Waals surface area contributed by atoms with Crippen molar-refractivity contribution in [2.45, 2.75) is 6.54 Å². The maximum Gasteiger partial charge on any atom is 0.244 e. The molecule has 6 nitrogen and oxygen atoms in total. The first-order valence-corrected chi connectivity index (χ1v) is 8.59. The second kappa shape index (κ2) is 9.01. The van der Waals surface area contributed by atoms with E-state index in [0.717, 1.165) is 17.7 Å². The van der Waals surface area contributed by atoms with Gasteiger partial charge in [-0.3, -0.25) is 4.79 Å². The van der Waals surface area contributed by atoms with Crippen molar-refractivity contribution in [1.29, 1.82) is 0 Å². The number of halogens is 2. The summed E-state index contributed by atoms with van der Waals surface area (Å²) in [4.78, 5) is 12.0. The molecule has 0 spiro atoms. The zero-order valence-corrected chi connectivity index (χ0v) is 15.7. The summed E-state index contributed by atoms with van der Waals surface area (Å²) in [6.45, 7) is 0.0847. The number of methoxy groups -OCH3 is 2. The van der Waals surface area contributed by atoms with Gasteiger partial charge in [-0.2, -0.15) is 0 Å². The normalized spacial score (nSPS) is 10.9. The van der Waals surface area contributed by atoms with E-state index in [-0.39, 0.29) is 23.8 Å². The van der Waals surface area contributed by atoms with Crippen LogP contribution in [0.5, 0.6) is 11.5 Å². The summed E-state index contributed by atoms with van der Waals surface area (Å²) in [5.41, 5.74) is 1.25. The van der Waals surface area contributed by atoms with Crippen LogP contribution >= 0.6 is 0 Å². The van der Waals surface area contributed by atoms with Crippen molar-refractivity contribution in [2.75, 3.05) is 14.2 Å². The highest BCUT2D eigenvalue weighted by atomic mass is 19.1. The summed E-state index contributed by atoms with van der Waals surface area (Å²) in [6, 6.07) is 9.89. The average molecular weight is 400 g/mol. The number of carbonyl (C=O) groups excluding carboxylic acids is 1. The van der Waals surface area contributed by atoms with Gasteiger partial charge in [-0.25, -0.2) is 8.78 Å². The van der Waals surface area contributed by atoms with Crippen molar-refractivity contribution in [1.82, 2.24) is 10.5 Å². The topological polar surface area (TPSA) is 73.6 Å². The van der Waals surface area contributed by atoms with Gasteiger partial charge < -0.3 is 19.3 Å². The number of hydrogen-bond donors (Lipinski definition) is 1. The zero-order valence-electron chi connectivity index (χ0n) is 15.7. The monoisotopic (exact) mass is 400 g/mol. The molecule has 1 amide bonds. The summed E-state index contributed by atoms with van der Waals surface area (Å²) >= 11 is 0. The first-order valence-electron chi connectivity index (χ1n) is 8.59. The van der Waals surface area contributed by atoms with E-state index < -0.39 is 11.6 Å². The van der Waals surface area contributed by atoms with Crippen molar-refractivity contribution in [3.05, 3.63) is 71.4 Å². The van der Waals surface area contributed by atoms with E-state index >= 15 is 0 Å². The summed E-state index contributed by atoms with van der Waals surface area (Å²) in [6.07, 6.45) is 2.99. The smallest absolute Gasteiger partial charge is 0.244 e. The molecule has 1 heterocycles. The number of ether oxygens (including phenoxy) is 2. The fourth-order valence-electron chi connectivity index (χ4n) is 2.58. The van der Waals surface area contributed by atoms with Crippen LogP contribution in [0.15, 0.2) is 53.1 Å². The van der Waals surface area contributed by atoms with Crippen molar-refractivity contribution in [3.63, 3.8) is 0 Å². The molecule has 150 valence electrons. The summed E-state index contributed by atoms with van der Waals surface area (Å²) in [7, 11) is 3.07. The molecular formula is C21H18F2N2O4. The van der Waals surface area contributed by atoms with Crippen LogP contribution in [0.4, 0.5) is 8.78 Å². The Balaban J connectivity index is 1.60. The molecule has 0 saturated carbocycles. The molecule has 0 radical (unpaired) electrons. The Hall–Kier alpha value is -3.68. The summed E-state index contributed by atoms with van der Waals surface area (Å²) < 4.78 is 42.3. The third-order valence-electron chi connectivity index (χ3n) is 4.03. The molecule has 3 aromatic rings. The molecule has 8 heteroatoms. The van der Waals surface area contributed by atoms with E-state index in [1.165, 1.54) is 25.3 Å². The van der Waals surface area contributed by atoms with Crippen LogP contribution in [0, 0.1) is 11.6 Å². The second-order valence-corrected chi connectivity index (χ2v) is 5.97. The lowest BCUT2D eigenvalue weighted by molar-refractivity contribution is -0.116. The number of aromatic nitrogens is 1. The maximum atomic E-state index is 13.8. The number of benzene rings is 2. The molecule has 1 aromatic heterocycles. The van der Waals surface area contributed by atoms with Gasteiger partial charge in [0.2, 0.25) is 5.91 Å². The fourth-order valence-corrected chi connectivity index (χ4v) is 2.58. The summed E-state index contributed by atoms with van der Waals surface area (Å²) in [5, 5.41) is 6.43.